The Morgan fingerprint density at radius 2 is 1.80 bits per heavy atom. The highest BCUT2D eigenvalue weighted by atomic mass is 16.2. The van der Waals surface area contributed by atoms with Crippen LogP contribution in [0.1, 0.15) is 20.3 Å². The van der Waals surface area contributed by atoms with E-state index in [1.165, 1.54) is 7.05 Å². The summed E-state index contributed by atoms with van der Waals surface area (Å²) >= 11 is 0. The monoisotopic (exact) mass is 215 g/mol. The van der Waals surface area contributed by atoms with E-state index in [1.807, 2.05) is 0 Å². The zero-order valence-corrected chi connectivity index (χ0v) is 9.89. The Balaban J connectivity index is 3.99. The van der Waals surface area contributed by atoms with Crippen LogP contribution in [0.3, 0.4) is 0 Å². The highest BCUT2D eigenvalue weighted by Gasteiger charge is 2.17. The Bertz CT molecular complexity index is 217. The number of carbonyl (C=O) groups is 2. The molecule has 0 heterocycles. The van der Waals surface area contributed by atoms with E-state index in [0.717, 1.165) is 6.42 Å². The predicted molar refractivity (Wildman–Crippen MR) is 59.4 cm³/mol. The van der Waals surface area contributed by atoms with Gasteiger partial charge in [0.15, 0.2) is 0 Å². The first-order valence-electron chi connectivity index (χ1n) is 5.16. The Morgan fingerprint density at radius 3 is 2.20 bits per heavy atom. The minimum Gasteiger partial charge on any atom is -0.358 e. The molecule has 0 aliphatic heterocycles. The van der Waals surface area contributed by atoms with Crippen molar-refractivity contribution >= 4 is 11.8 Å². The lowest BCUT2D eigenvalue weighted by atomic mass is 10.0. The number of carbonyl (C=O) groups excluding carboxylic acids is 2. The molecule has 0 saturated heterocycles. The average molecular weight is 215 g/mol. The zero-order valence-electron chi connectivity index (χ0n) is 9.89. The summed E-state index contributed by atoms with van der Waals surface area (Å²) in [5.41, 5.74) is 0. The Labute approximate surface area is 91.0 Å². The van der Waals surface area contributed by atoms with Crippen LogP contribution >= 0.6 is 0 Å². The van der Waals surface area contributed by atoms with Crippen molar-refractivity contribution in [1.29, 1.82) is 0 Å². The third-order valence-corrected chi connectivity index (χ3v) is 2.07. The fourth-order valence-electron chi connectivity index (χ4n) is 1.21. The van der Waals surface area contributed by atoms with E-state index in [1.54, 1.807) is 7.05 Å². The first-order valence-corrected chi connectivity index (χ1v) is 5.16. The van der Waals surface area contributed by atoms with Gasteiger partial charge in [-0.15, -0.1) is 0 Å². The van der Waals surface area contributed by atoms with Gasteiger partial charge in [0, 0.05) is 7.05 Å². The lowest BCUT2D eigenvalue weighted by molar-refractivity contribution is -0.127. The molecule has 15 heavy (non-hydrogen) atoms. The number of hydrogen-bond donors (Lipinski definition) is 3. The van der Waals surface area contributed by atoms with Crippen LogP contribution in [-0.2, 0) is 9.59 Å². The van der Waals surface area contributed by atoms with Crippen LogP contribution in [0.5, 0.6) is 0 Å². The van der Waals surface area contributed by atoms with Gasteiger partial charge in [-0.3, -0.25) is 9.59 Å². The van der Waals surface area contributed by atoms with Crippen molar-refractivity contribution in [2.75, 3.05) is 20.6 Å². The van der Waals surface area contributed by atoms with Gasteiger partial charge in [0.25, 0.3) is 0 Å². The maximum absolute atomic E-state index is 11.6. The second-order valence-corrected chi connectivity index (χ2v) is 3.86. The lowest BCUT2D eigenvalue weighted by Crippen LogP contribution is -2.46. The van der Waals surface area contributed by atoms with E-state index < -0.39 is 0 Å². The quantitative estimate of drug-likeness (QED) is 0.558. The summed E-state index contributed by atoms with van der Waals surface area (Å²) in [4.78, 5) is 22.5. The van der Waals surface area contributed by atoms with Crippen LogP contribution < -0.4 is 16.0 Å². The van der Waals surface area contributed by atoms with E-state index in [0.29, 0.717) is 5.92 Å². The smallest absolute Gasteiger partial charge is 0.239 e. The zero-order chi connectivity index (χ0) is 11.8. The summed E-state index contributed by atoms with van der Waals surface area (Å²) in [5.74, 6) is 0.116. The third-order valence-electron chi connectivity index (χ3n) is 2.07. The summed E-state index contributed by atoms with van der Waals surface area (Å²) in [5, 5.41) is 7.95. The molecule has 0 aliphatic rings. The van der Waals surface area contributed by atoms with E-state index >= 15 is 0 Å². The Hall–Kier alpha value is -1.10. The van der Waals surface area contributed by atoms with Gasteiger partial charge < -0.3 is 16.0 Å². The van der Waals surface area contributed by atoms with Gasteiger partial charge in [0.2, 0.25) is 11.8 Å². The van der Waals surface area contributed by atoms with Crippen LogP contribution in [0, 0.1) is 5.92 Å². The molecule has 0 aromatic heterocycles. The fourth-order valence-corrected chi connectivity index (χ4v) is 1.21. The molecule has 0 fully saturated rings. The van der Waals surface area contributed by atoms with E-state index in [2.05, 4.69) is 29.8 Å². The molecule has 0 saturated carbocycles. The third kappa shape index (κ3) is 6.06. The van der Waals surface area contributed by atoms with Gasteiger partial charge in [-0.05, 0) is 19.4 Å². The molecule has 0 aromatic carbocycles. The number of amides is 2. The number of nitrogens with one attached hydrogen (secondary N) is 3. The molecule has 0 aromatic rings. The molecule has 1 unspecified atom stereocenters. The molecule has 5 nitrogen and oxygen atoms in total. The van der Waals surface area contributed by atoms with Crippen molar-refractivity contribution in [1.82, 2.24) is 16.0 Å². The van der Waals surface area contributed by atoms with Gasteiger partial charge in [0.1, 0.15) is 0 Å². The van der Waals surface area contributed by atoms with Crippen LogP contribution in [0.4, 0.5) is 0 Å². The maximum atomic E-state index is 11.6. The predicted octanol–water partition coefficient (Wildman–Crippen LogP) is -0.517. The topological polar surface area (TPSA) is 70.2 Å². The molecular formula is C10H21N3O2. The van der Waals surface area contributed by atoms with Crippen LogP contribution in [0.25, 0.3) is 0 Å². The van der Waals surface area contributed by atoms with Gasteiger partial charge in [0.05, 0.1) is 12.6 Å². The molecule has 0 aliphatic carbocycles. The SMILES string of the molecule is CNC(=O)CNC(=O)C(CC(C)C)NC. The van der Waals surface area contributed by atoms with E-state index in [9.17, 15) is 9.59 Å². The number of likely N-dealkylation sites (N-methyl/N-ethyl adjacent to an activating group) is 2. The van der Waals surface area contributed by atoms with E-state index in [4.69, 9.17) is 0 Å². The van der Waals surface area contributed by atoms with Gasteiger partial charge in [-0.2, -0.15) is 0 Å². The summed E-state index contributed by atoms with van der Waals surface area (Å²) in [6.45, 7) is 4.14. The second kappa shape index (κ2) is 7.23. The molecule has 2 amide bonds. The highest BCUT2D eigenvalue weighted by molar-refractivity contribution is 5.87. The summed E-state index contributed by atoms with van der Waals surface area (Å²) in [6.07, 6.45) is 0.760. The highest BCUT2D eigenvalue weighted by Crippen LogP contribution is 2.03. The lowest BCUT2D eigenvalue weighted by Gasteiger charge is -2.17. The standard InChI is InChI=1S/C10H21N3O2/c1-7(2)5-8(11-3)10(15)13-6-9(14)12-4/h7-8,11H,5-6H2,1-4H3,(H,12,14)(H,13,15). The van der Waals surface area contributed by atoms with E-state index in [-0.39, 0.29) is 24.4 Å². The number of rotatable bonds is 6. The van der Waals surface area contributed by atoms with Crippen molar-refractivity contribution in [2.45, 2.75) is 26.3 Å². The van der Waals surface area contributed by atoms with Crippen molar-refractivity contribution in [3.8, 4) is 0 Å². The Kier molecular flexibility index (Phi) is 6.70. The molecule has 0 spiro atoms. The van der Waals surface area contributed by atoms with Gasteiger partial charge in [-0.25, -0.2) is 0 Å². The van der Waals surface area contributed by atoms with Gasteiger partial charge in [-0.1, -0.05) is 13.8 Å². The summed E-state index contributed by atoms with van der Waals surface area (Å²) in [7, 11) is 3.28. The largest absolute Gasteiger partial charge is 0.358 e. The van der Waals surface area contributed by atoms with Crippen molar-refractivity contribution in [3.63, 3.8) is 0 Å². The van der Waals surface area contributed by atoms with Gasteiger partial charge >= 0.3 is 0 Å². The second-order valence-electron chi connectivity index (χ2n) is 3.86. The molecule has 0 radical (unpaired) electrons. The van der Waals surface area contributed by atoms with Crippen LogP contribution in [-0.4, -0.2) is 38.5 Å². The number of hydrogen-bond acceptors (Lipinski definition) is 3. The minimum atomic E-state index is -0.227. The van der Waals surface area contributed by atoms with Crippen molar-refractivity contribution < 1.29 is 9.59 Å². The normalized spacial score (nSPS) is 12.3. The van der Waals surface area contributed by atoms with Crippen LogP contribution in [0.2, 0.25) is 0 Å². The average Bonchev–Trinajstić information content (AvgIpc) is 2.21. The maximum Gasteiger partial charge on any atom is 0.239 e. The molecular weight excluding hydrogens is 194 g/mol. The summed E-state index contributed by atoms with van der Waals surface area (Å²) < 4.78 is 0. The van der Waals surface area contributed by atoms with Crippen molar-refractivity contribution in [3.05, 3.63) is 0 Å². The fraction of sp³-hybridized carbons (Fsp3) is 0.800. The summed E-state index contributed by atoms with van der Waals surface area (Å²) in [6, 6.07) is -0.227. The molecule has 1 atom stereocenters. The van der Waals surface area contributed by atoms with Crippen LogP contribution in [0.15, 0.2) is 0 Å². The molecule has 88 valence electrons. The molecule has 0 rings (SSSR count). The minimum absolute atomic E-state index is 0.0333. The first kappa shape index (κ1) is 13.9. The molecule has 0 bridgehead atoms. The van der Waals surface area contributed by atoms with Crippen molar-refractivity contribution in [2.24, 2.45) is 5.92 Å². The first-order chi connectivity index (χ1) is 7.01. The Morgan fingerprint density at radius 1 is 1.20 bits per heavy atom. The molecule has 3 N–H and O–H groups in total. The molecule has 5 heteroatoms.